The number of carboxylic acids is 2. The number of rotatable bonds is 3. The summed E-state index contributed by atoms with van der Waals surface area (Å²) in [6.07, 6.45) is 4.91. The van der Waals surface area contributed by atoms with Gasteiger partial charge >= 0.3 is 11.9 Å². The van der Waals surface area contributed by atoms with E-state index in [0.29, 0.717) is 12.2 Å². The van der Waals surface area contributed by atoms with Gasteiger partial charge in [0.05, 0.1) is 11.6 Å². The van der Waals surface area contributed by atoms with E-state index in [4.69, 9.17) is 5.11 Å². The van der Waals surface area contributed by atoms with E-state index in [1.54, 1.807) is 6.92 Å². The van der Waals surface area contributed by atoms with E-state index in [2.05, 4.69) is 4.98 Å². The number of aromatic carboxylic acids is 1. The van der Waals surface area contributed by atoms with Gasteiger partial charge in [-0.25, -0.2) is 9.78 Å². The average Bonchev–Trinajstić information content (AvgIpc) is 2.70. The summed E-state index contributed by atoms with van der Waals surface area (Å²) in [5.74, 6) is -1.52. The van der Waals surface area contributed by atoms with Crippen LogP contribution in [0.1, 0.15) is 29.7 Å². The molecule has 1 atom stereocenters. The smallest absolute Gasteiger partial charge is 0.354 e. The molecular formula is C11H12N2O4. The molecule has 6 nitrogen and oxygen atoms in total. The summed E-state index contributed by atoms with van der Waals surface area (Å²) in [6.45, 7) is 1.79. The van der Waals surface area contributed by atoms with Crippen molar-refractivity contribution in [3.8, 4) is 0 Å². The van der Waals surface area contributed by atoms with E-state index in [0.717, 1.165) is 0 Å². The van der Waals surface area contributed by atoms with Gasteiger partial charge < -0.3 is 10.2 Å². The molecular weight excluding hydrogens is 224 g/mol. The predicted molar refractivity (Wildman–Crippen MR) is 58.6 cm³/mol. The van der Waals surface area contributed by atoms with Gasteiger partial charge in [-0.3, -0.25) is 9.36 Å². The number of imidazole rings is 1. The summed E-state index contributed by atoms with van der Waals surface area (Å²) < 4.78 is 1.42. The van der Waals surface area contributed by atoms with Gasteiger partial charge in [-0.1, -0.05) is 13.0 Å². The lowest BCUT2D eigenvalue weighted by Gasteiger charge is -2.27. The van der Waals surface area contributed by atoms with E-state index < -0.39 is 17.4 Å². The molecule has 0 spiro atoms. The standard InChI is InChI=1S/C11H12N2O4/c1-2-11(10(16)17)3-4-13-7(9(14)15)6-12-8(13)5-11/h3-4,6H,2,5H2,1H3,(H,14,15)(H,16,17). The zero-order valence-electron chi connectivity index (χ0n) is 9.25. The quantitative estimate of drug-likeness (QED) is 0.819. The second-order valence-corrected chi connectivity index (χ2v) is 4.04. The highest BCUT2D eigenvalue weighted by molar-refractivity contribution is 5.87. The van der Waals surface area contributed by atoms with Crippen LogP contribution in [0.3, 0.4) is 0 Å². The van der Waals surface area contributed by atoms with Crippen LogP contribution in [0.25, 0.3) is 6.20 Å². The van der Waals surface area contributed by atoms with Crippen molar-refractivity contribution in [1.82, 2.24) is 9.55 Å². The molecule has 0 bridgehead atoms. The van der Waals surface area contributed by atoms with Crippen molar-refractivity contribution >= 4 is 18.1 Å². The molecule has 0 saturated carbocycles. The van der Waals surface area contributed by atoms with Gasteiger partial charge in [0, 0.05) is 12.6 Å². The molecule has 1 aromatic rings. The van der Waals surface area contributed by atoms with Gasteiger partial charge in [0.15, 0.2) is 5.69 Å². The maximum absolute atomic E-state index is 11.3. The molecule has 0 aliphatic carbocycles. The predicted octanol–water partition coefficient (Wildman–Crippen LogP) is 1.09. The molecule has 1 aliphatic heterocycles. The zero-order chi connectivity index (χ0) is 12.6. The number of nitrogens with zero attached hydrogens (tertiary/aromatic N) is 2. The van der Waals surface area contributed by atoms with Crippen molar-refractivity contribution in [2.24, 2.45) is 5.41 Å². The molecule has 90 valence electrons. The Morgan fingerprint density at radius 3 is 2.76 bits per heavy atom. The van der Waals surface area contributed by atoms with Gasteiger partial charge in [0.1, 0.15) is 5.82 Å². The summed E-state index contributed by atoms with van der Waals surface area (Å²) in [5.41, 5.74) is -0.928. The van der Waals surface area contributed by atoms with E-state index in [1.165, 1.54) is 23.0 Å². The van der Waals surface area contributed by atoms with Crippen LogP contribution in [0.4, 0.5) is 0 Å². The third-order valence-corrected chi connectivity index (χ3v) is 3.17. The third kappa shape index (κ3) is 1.61. The van der Waals surface area contributed by atoms with E-state index in [9.17, 15) is 14.7 Å². The number of hydrogen-bond acceptors (Lipinski definition) is 3. The van der Waals surface area contributed by atoms with Crippen molar-refractivity contribution < 1.29 is 19.8 Å². The molecule has 1 unspecified atom stereocenters. The summed E-state index contributed by atoms with van der Waals surface area (Å²) in [4.78, 5) is 26.1. The van der Waals surface area contributed by atoms with Gasteiger partial charge in [0.2, 0.25) is 0 Å². The van der Waals surface area contributed by atoms with Crippen LogP contribution in [-0.4, -0.2) is 31.7 Å². The molecule has 17 heavy (non-hydrogen) atoms. The molecule has 1 aromatic heterocycles. The highest BCUT2D eigenvalue weighted by Gasteiger charge is 2.38. The molecule has 0 saturated heterocycles. The molecule has 0 fully saturated rings. The van der Waals surface area contributed by atoms with Gasteiger partial charge in [-0.15, -0.1) is 0 Å². The first kappa shape index (κ1) is 11.4. The van der Waals surface area contributed by atoms with Crippen molar-refractivity contribution in [3.63, 3.8) is 0 Å². The Bertz CT molecular complexity index is 518. The SMILES string of the molecule is CCC1(C(=O)O)C=Cn2c(C(=O)O)cnc2C1. The molecule has 0 amide bonds. The van der Waals surface area contributed by atoms with Crippen LogP contribution in [-0.2, 0) is 11.2 Å². The van der Waals surface area contributed by atoms with Crippen LogP contribution in [0, 0.1) is 5.41 Å². The van der Waals surface area contributed by atoms with Crippen molar-refractivity contribution in [1.29, 1.82) is 0 Å². The average molecular weight is 236 g/mol. The Labute approximate surface area is 97.2 Å². The second kappa shape index (κ2) is 3.73. The monoisotopic (exact) mass is 236 g/mol. The van der Waals surface area contributed by atoms with E-state index >= 15 is 0 Å². The first-order chi connectivity index (χ1) is 8.00. The third-order valence-electron chi connectivity index (χ3n) is 3.17. The summed E-state index contributed by atoms with van der Waals surface area (Å²) >= 11 is 0. The fourth-order valence-corrected chi connectivity index (χ4v) is 1.95. The Balaban J connectivity index is 2.46. The maximum atomic E-state index is 11.3. The minimum atomic E-state index is -1.08. The van der Waals surface area contributed by atoms with Crippen LogP contribution >= 0.6 is 0 Å². The zero-order valence-corrected chi connectivity index (χ0v) is 9.25. The highest BCUT2D eigenvalue weighted by atomic mass is 16.4. The van der Waals surface area contributed by atoms with Crippen molar-refractivity contribution in [2.45, 2.75) is 19.8 Å². The minimum Gasteiger partial charge on any atom is -0.481 e. The molecule has 6 heteroatoms. The Morgan fingerprint density at radius 1 is 1.53 bits per heavy atom. The summed E-state index contributed by atoms with van der Waals surface area (Å²) in [5, 5.41) is 18.1. The fourth-order valence-electron chi connectivity index (χ4n) is 1.95. The maximum Gasteiger partial charge on any atom is 0.354 e. The van der Waals surface area contributed by atoms with E-state index in [1.807, 2.05) is 0 Å². The van der Waals surface area contributed by atoms with Crippen LogP contribution in [0.15, 0.2) is 12.3 Å². The summed E-state index contributed by atoms with van der Waals surface area (Å²) in [6, 6.07) is 0. The molecule has 1 aliphatic rings. The summed E-state index contributed by atoms with van der Waals surface area (Å²) in [7, 11) is 0. The topological polar surface area (TPSA) is 92.4 Å². The van der Waals surface area contributed by atoms with Crippen molar-refractivity contribution in [3.05, 3.63) is 23.8 Å². The molecule has 2 heterocycles. The van der Waals surface area contributed by atoms with Gasteiger partial charge in [-0.2, -0.15) is 0 Å². The second-order valence-electron chi connectivity index (χ2n) is 4.04. The highest BCUT2D eigenvalue weighted by Crippen LogP contribution is 2.33. The number of carbonyl (C=O) groups is 2. The fraction of sp³-hybridized carbons (Fsp3) is 0.364. The Hall–Kier alpha value is -2.11. The van der Waals surface area contributed by atoms with E-state index in [-0.39, 0.29) is 12.1 Å². The lowest BCUT2D eigenvalue weighted by atomic mass is 9.80. The number of hydrogen-bond donors (Lipinski definition) is 2. The van der Waals surface area contributed by atoms with Crippen molar-refractivity contribution in [2.75, 3.05) is 0 Å². The van der Waals surface area contributed by atoms with Crippen LogP contribution in [0.5, 0.6) is 0 Å². The number of aromatic nitrogens is 2. The molecule has 2 rings (SSSR count). The van der Waals surface area contributed by atoms with Crippen LogP contribution in [0.2, 0.25) is 0 Å². The van der Waals surface area contributed by atoms with Gasteiger partial charge in [0.25, 0.3) is 0 Å². The molecule has 0 aromatic carbocycles. The number of fused-ring (bicyclic) bond motifs is 1. The lowest BCUT2D eigenvalue weighted by Crippen LogP contribution is -2.34. The number of carboxylic acid groups (broad SMARTS) is 2. The first-order valence-electron chi connectivity index (χ1n) is 5.22. The minimum absolute atomic E-state index is 0.0475. The first-order valence-corrected chi connectivity index (χ1v) is 5.22. The van der Waals surface area contributed by atoms with Gasteiger partial charge in [-0.05, 0) is 6.42 Å². The molecule has 0 radical (unpaired) electrons. The Kier molecular flexibility index (Phi) is 2.49. The Morgan fingerprint density at radius 2 is 2.24 bits per heavy atom. The lowest BCUT2D eigenvalue weighted by molar-refractivity contribution is -0.146. The molecule has 2 N–H and O–H groups in total. The number of aliphatic carboxylic acids is 1. The van der Waals surface area contributed by atoms with Crippen LogP contribution < -0.4 is 0 Å². The largest absolute Gasteiger partial charge is 0.481 e. The normalized spacial score (nSPS) is 22.2.